The first kappa shape index (κ1) is 15.8. The molecular weight excluding hydrogens is 312 g/mol. The molecule has 8 heteroatoms. The molecule has 0 amide bonds. The summed E-state index contributed by atoms with van der Waals surface area (Å²) >= 11 is 5.94. The summed E-state index contributed by atoms with van der Waals surface area (Å²) in [4.78, 5) is 0.115. The van der Waals surface area contributed by atoms with E-state index in [9.17, 15) is 8.42 Å². The van der Waals surface area contributed by atoms with Gasteiger partial charge in [0.1, 0.15) is 0 Å². The quantitative estimate of drug-likeness (QED) is 0.881. The third kappa shape index (κ3) is 3.55. The average molecular weight is 329 g/mol. The SMILES string of the molecule is CC(C)n1cc(NS(=O)(=O)c2ccc(Cl)c(CN)c2)cn1. The van der Waals surface area contributed by atoms with Gasteiger partial charge in [0.25, 0.3) is 10.0 Å². The number of nitrogens with zero attached hydrogens (tertiary/aromatic N) is 2. The standard InChI is InChI=1S/C13H17ClN4O2S/c1-9(2)18-8-11(7-16-18)17-21(19,20)12-3-4-13(14)10(5-12)6-15/h3-5,7-9,17H,6,15H2,1-2H3. The van der Waals surface area contributed by atoms with Gasteiger partial charge >= 0.3 is 0 Å². The number of nitrogens with two attached hydrogens (primary N) is 1. The number of rotatable bonds is 5. The Morgan fingerprint density at radius 3 is 2.71 bits per heavy atom. The van der Waals surface area contributed by atoms with Gasteiger partial charge in [-0.15, -0.1) is 0 Å². The second-order valence-corrected chi connectivity index (χ2v) is 6.96. The second kappa shape index (κ2) is 6.05. The zero-order valence-corrected chi connectivity index (χ0v) is 13.3. The molecule has 0 atom stereocenters. The molecular formula is C13H17ClN4O2S. The summed E-state index contributed by atoms with van der Waals surface area (Å²) in [5.41, 5.74) is 6.53. The first-order valence-corrected chi connectivity index (χ1v) is 8.25. The van der Waals surface area contributed by atoms with E-state index in [0.29, 0.717) is 16.3 Å². The maximum absolute atomic E-state index is 12.3. The molecule has 1 aromatic carbocycles. The van der Waals surface area contributed by atoms with E-state index in [1.54, 1.807) is 10.9 Å². The molecule has 1 heterocycles. The van der Waals surface area contributed by atoms with E-state index in [4.69, 9.17) is 17.3 Å². The van der Waals surface area contributed by atoms with E-state index in [1.807, 2.05) is 13.8 Å². The zero-order valence-electron chi connectivity index (χ0n) is 11.7. The summed E-state index contributed by atoms with van der Waals surface area (Å²) < 4.78 is 28.8. The van der Waals surface area contributed by atoms with Gasteiger partial charge in [0.15, 0.2) is 0 Å². The molecule has 6 nitrogen and oxygen atoms in total. The lowest BCUT2D eigenvalue weighted by atomic mass is 10.2. The lowest BCUT2D eigenvalue weighted by Crippen LogP contribution is -2.13. The predicted molar refractivity (Wildman–Crippen MR) is 82.8 cm³/mol. The summed E-state index contributed by atoms with van der Waals surface area (Å²) in [6, 6.07) is 4.59. The molecule has 0 fully saturated rings. The van der Waals surface area contributed by atoms with Crippen molar-refractivity contribution in [3.63, 3.8) is 0 Å². The Balaban J connectivity index is 2.29. The van der Waals surface area contributed by atoms with Crippen molar-refractivity contribution in [2.24, 2.45) is 5.73 Å². The van der Waals surface area contributed by atoms with Crippen molar-refractivity contribution in [2.75, 3.05) is 4.72 Å². The molecule has 0 aliphatic carbocycles. The van der Waals surface area contributed by atoms with Crippen molar-refractivity contribution >= 4 is 27.3 Å². The van der Waals surface area contributed by atoms with Gasteiger partial charge in [0, 0.05) is 23.8 Å². The fourth-order valence-corrected chi connectivity index (χ4v) is 3.03. The van der Waals surface area contributed by atoms with Crippen LogP contribution in [0.2, 0.25) is 5.02 Å². The number of sulfonamides is 1. The number of benzene rings is 1. The van der Waals surface area contributed by atoms with Gasteiger partial charge in [-0.25, -0.2) is 8.42 Å². The van der Waals surface area contributed by atoms with Gasteiger partial charge in [0.2, 0.25) is 0 Å². The minimum Gasteiger partial charge on any atom is -0.326 e. The van der Waals surface area contributed by atoms with Gasteiger partial charge in [-0.3, -0.25) is 9.40 Å². The van der Waals surface area contributed by atoms with Crippen LogP contribution in [-0.2, 0) is 16.6 Å². The Morgan fingerprint density at radius 2 is 2.14 bits per heavy atom. The van der Waals surface area contributed by atoms with Gasteiger partial charge < -0.3 is 5.73 Å². The van der Waals surface area contributed by atoms with Crippen molar-refractivity contribution in [1.82, 2.24) is 9.78 Å². The van der Waals surface area contributed by atoms with Crippen LogP contribution in [0.3, 0.4) is 0 Å². The highest BCUT2D eigenvalue weighted by Crippen LogP contribution is 2.22. The third-order valence-electron chi connectivity index (χ3n) is 2.93. The number of anilines is 1. The van der Waals surface area contributed by atoms with Crippen LogP contribution in [0.1, 0.15) is 25.5 Å². The smallest absolute Gasteiger partial charge is 0.262 e. The van der Waals surface area contributed by atoms with Gasteiger partial charge in [0.05, 0.1) is 16.8 Å². The maximum atomic E-state index is 12.3. The summed E-state index contributed by atoms with van der Waals surface area (Å²) in [5.74, 6) is 0. The molecule has 1 aromatic heterocycles. The fraction of sp³-hybridized carbons (Fsp3) is 0.308. The van der Waals surface area contributed by atoms with E-state index < -0.39 is 10.0 Å². The Labute approximate surface area is 129 Å². The molecule has 21 heavy (non-hydrogen) atoms. The van der Waals surface area contributed by atoms with Crippen LogP contribution in [-0.4, -0.2) is 18.2 Å². The lowest BCUT2D eigenvalue weighted by molar-refractivity contribution is 0.532. The fourth-order valence-electron chi connectivity index (χ4n) is 1.76. The normalized spacial score (nSPS) is 11.9. The van der Waals surface area contributed by atoms with Crippen molar-refractivity contribution < 1.29 is 8.42 Å². The second-order valence-electron chi connectivity index (χ2n) is 4.87. The molecule has 0 aliphatic rings. The minimum atomic E-state index is -3.69. The highest BCUT2D eigenvalue weighted by atomic mass is 35.5. The number of hydrogen-bond donors (Lipinski definition) is 2. The van der Waals surface area contributed by atoms with Crippen molar-refractivity contribution in [1.29, 1.82) is 0 Å². The molecule has 0 aliphatic heterocycles. The van der Waals surface area contributed by atoms with Crippen LogP contribution >= 0.6 is 11.6 Å². The summed E-state index contributed by atoms with van der Waals surface area (Å²) in [5, 5.41) is 4.54. The molecule has 0 saturated heterocycles. The third-order valence-corrected chi connectivity index (χ3v) is 4.68. The Bertz CT molecular complexity index is 740. The molecule has 0 unspecified atom stereocenters. The monoisotopic (exact) mass is 328 g/mol. The number of nitrogens with one attached hydrogen (secondary N) is 1. The molecule has 0 saturated carbocycles. The van der Waals surface area contributed by atoms with Gasteiger partial charge in [-0.05, 0) is 37.6 Å². The largest absolute Gasteiger partial charge is 0.326 e. The lowest BCUT2D eigenvalue weighted by Gasteiger charge is -2.08. The average Bonchev–Trinajstić information content (AvgIpc) is 2.87. The molecule has 114 valence electrons. The first-order valence-electron chi connectivity index (χ1n) is 6.39. The number of halogens is 1. The van der Waals surface area contributed by atoms with E-state index in [1.165, 1.54) is 24.4 Å². The minimum absolute atomic E-state index is 0.115. The molecule has 2 aromatic rings. The topological polar surface area (TPSA) is 90.0 Å². The van der Waals surface area contributed by atoms with Gasteiger partial charge in [-0.1, -0.05) is 11.6 Å². The van der Waals surface area contributed by atoms with E-state index >= 15 is 0 Å². The van der Waals surface area contributed by atoms with Crippen LogP contribution in [0.25, 0.3) is 0 Å². The summed E-state index contributed by atoms with van der Waals surface area (Å²) in [6.45, 7) is 4.09. The number of hydrogen-bond acceptors (Lipinski definition) is 4. The van der Waals surface area contributed by atoms with Crippen LogP contribution in [0.15, 0.2) is 35.5 Å². The van der Waals surface area contributed by atoms with Crippen LogP contribution in [0.5, 0.6) is 0 Å². The van der Waals surface area contributed by atoms with Gasteiger partial charge in [-0.2, -0.15) is 5.10 Å². The van der Waals surface area contributed by atoms with Crippen molar-refractivity contribution in [2.45, 2.75) is 31.3 Å². The highest BCUT2D eigenvalue weighted by molar-refractivity contribution is 7.92. The molecule has 0 spiro atoms. The van der Waals surface area contributed by atoms with E-state index in [0.717, 1.165) is 0 Å². The Kier molecular flexibility index (Phi) is 4.55. The van der Waals surface area contributed by atoms with E-state index in [-0.39, 0.29) is 17.5 Å². The predicted octanol–water partition coefficient (Wildman–Crippen LogP) is 2.38. The number of aromatic nitrogens is 2. The maximum Gasteiger partial charge on any atom is 0.262 e. The van der Waals surface area contributed by atoms with Crippen LogP contribution in [0.4, 0.5) is 5.69 Å². The summed E-state index contributed by atoms with van der Waals surface area (Å²) in [7, 11) is -3.69. The molecule has 0 radical (unpaired) electrons. The van der Waals surface area contributed by atoms with E-state index in [2.05, 4.69) is 9.82 Å². The van der Waals surface area contributed by atoms with Crippen LogP contribution < -0.4 is 10.5 Å². The highest BCUT2D eigenvalue weighted by Gasteiger charge is 2.17. The van der Waals surface area contributed by atoms with Crippen molar-refractivity contribution in [3.05, 3.63) is 41.2 Å². The Morgan fingerprint density at radius 1 is 1.43 bits per heavy atom. The Hall–Kier alpha value is -1.57. The van der Waals surface area contributed by atoms with Crippen LogP contribution in [0, 0.1) is 0 Å². The molecule has 2 rings (SSSR count). The summed E-state index contributed by atoms with van der Waals surface area (Å²) in [6.07, 6.45) is 3.11. The molecule has 0 bridgehead atoms. The van der Waals surface area contributed by atoms with Crippen molar-refractivity contribution in [3.8, 4) is 0 Å². The zero-order chi connectivity index (χ0) is 15.6. The molecule has 3 N–H and O–H groups in total. The first-order chi connectivity index (χ1) is 9.83.